The number of amides is 1. The highest BCUT2D eigenvalue weighted by Gasteiger charge is 2.59. The lowest BCUT2D eigenvalue weighted by molar-refractivity contribution is -0.390. The Kier molecular flexibility index (Phi) is 7.14. The Hall–Kier alpha value is -3.70. The van der Waals surface area contributed by atoms with Crippen molar-refractivity contribution in [2.45, 2.75) is 39.2 Å². The maximum atomic E-state index is 14.0. The summed E-state index contributed by atoms with van der Waals surface area (Å²) < 4.78 is 55.2. The fraction of sp³-hybridized carbons (Fsp3) is 0.320. The van der Waals surface area contributed by atoms with Gasteiger partial charge in [0, 0.05) is 31.0 Å². The molecular formula is C25H26F3N5O3. The number of carbonyl (C=O) groups is 1. The molecule has 0 radical (unpaired) electrons. The summed E-state index contributed by atoms with van der Waals surface area (Å²) in [5.74, 6) is -3.90. The van der Waals surface area contributed by atoms with Crippen molar-refractivity contribution in [2.24, 2.45) is 5.92 Å². The first-order valence-electron chi connectivity index (χ1n) is 11.2. The summed E-state index contributed by atoms with van der Waals surface area (Å²) in [6.07, 6.45) is 0.000628. The van der Waals surface area contributed by atoms with E-state index in [1.165, 1.54) is 23.0 Å². The van der Waals surface area contributed by atoms with E-state index in [4.69, 9.17) is 4.74 Å². The van der Waals surface area contributed by atoms with Gasteiger partial charge in [-0.1, -0.05) is 38.1 Å². The normalized spacial score (nSPS) is 13.8. The molecule has 0 spiro atoms. The van der Waals surface area contributed by atoms with E-state index in [1.54, 1.807) is 30.5 Å². The van der Waals surface area contributed by atoms with Crippen molar-refractivity contribution in [3.63, 3.8) is 0 Å². The molecule has 11 heteroatoms. The lowest BCUT2D eigenvalue weighted by Gasteiger charge is -2.34. The van der Waals surface area contributed by atoms with Crippen LogP contribution in [0.15, 0.2) is 67.3 Å². The molecule has 0 saturated carbocycles. The van der Waals surface area contributed by atoms with Crippen molar-refractivity contribution in [1.29, 1.82) is 0 Å². The summed E-state index contributed by atoms with van der Waals surface area (Å²) in [4.78, 5) is 16.8. The zero-order valence-electron chi connectivity index (χ0n) is 20.0. The van der Waals surface area contributed by atoms with Crippen LogP contribution in [-0.2, 0) is 22.7 Å². The Labute approximate surface area is 205 Å². The first-order chi connectivity index (χ1) is 17.1. The van der Waals surface area contributed by atoms with Crippen LogP contribution in [0, 0.1) is 5.92 Å². The number of benzene rings is 2. The Bertz CT molecular complexity index is 1330. The molecule has 1 N–H and O–H groups in total. The molecule has 0 saturated heterocycles. The van der Waals surface area contributed by atoms with Gasteiger partial charge in [0.15, 0.2) is 0 Å². The first-order valence-corrected chi connectivity index (χ1v) is 11.2. The average Bonchev–Trinajstić information content (AvgIpc) is 3.47. The van der Waals surface area contributed by atoms with Crippen LogP contribution in [0.2, 0.25) is 0 Å². The first kappa shape index (κ1) is 25.4. The second-order valence-electron chi connectivity index (χ2n) is 8.67. The largest absolute Gasteiger partial charge is 0.465 e. The minimum Gasteiger partial charge on any atom is -0.329 e. The highest BCUT2D eigenvalue weighted by Crippen LogP contribution is 2.33. The topological polar surface area (TPSA) is 83.2 Å². The van der Waals surface area contributed by atoms with E-state index in [0.29, 0.717) is 17.0 Å². The molecule has 8 nitrogen and oxygen atoms in total. The zero-order chi connectivity index (χ0) is 25.9. The third-order valence-corrected chi connectivity index (χ3v) is 5.52. The zero-order valence-corrected chi connectivity index (χ0v) is 20.0. The monoisotopic (exact) mass is 501 g/mol. The van der Waals surface area contributed by atoms with Crippen molar-refractivity contribution in [3.8, 4) is 11.1 Å². The molecule has 36 heavy (non-hydrogen) atoms. The number of hydrogen-bond acceptors (Lipinski definition) is 5. The highest BCUT2D eigenvalue weighted by molar-refractivity contribution is 5.94. The molecule has 0 aliphatic rings. The number of imidazole rings is 1. The van der Waals surface area contributed by atoms with Gasteiger partial charge in [-0.05, 0) is 35.7 Å². The van der Waals surface area contributed by atoms with Gasteiger partial charge in [-0.25, -0.2) is 4.98 Å². The Balaban J connectivity index is 1.55. The van der Waals surface area contributed by atoms with Gasteiger partial charge in [-0.2, -0.15) is 18.3 Å². The van der Waals surface area contributed by atoms with E-state index in [9.17, 15) is 18.0 Å². The fourth-order valence-electron chi connectivity index (χ4n) is 3.72. The van der Waals surface area contributed by atoms with Crippen molar-refractivity contribution < 1.29 is 27.4 Å². The fourth-order valence-corrected chi connectivity index (χ4v) is 3.72. The van der Waals surface area contributed by atoms with Crippen LogP contribution in [0.1, 0.15) is 24.2 Å². The van der Waals surface area contributed by atoms with Crippen molar-refractivity contribution in [2.75, 3.05) is 7.11 Å². The minimum absolute atomic E-state index is 0.0316. The predicted molar refractivity (Wildman–Crippen MR) is 127 cm³/mol. The molecule has 1 unspecified atom stereocenters. The lowest BCUT2D eigenvalue weighted by atomic mass is 10.1. The van der Waals surface area contributed by atoms with Crippen LogP contribution in [0.4, 0.5) is 13.2 Å². The van der Waals surface area contributed by atoms with Crippen LogP contribution >= 0.6 is 0 Å². The maximum Gasteiger partial charge on any atom is 0.465 e. The van der Waals surface area contributed by atoms with Gasteiger partial charge in [0.25, 0.3) is 5.91 Å². The molecule has 1 atom stereocenters. The van der Waals surface area contributed by atoms with Crippen molar-refractivity contribution in [1.82, 2.24) is 24.6 Å². The molecule has 2 aromatic heterocycles. The van der Waals surface area contributed by atoms with E-state index in [0.717, 1.165) is 24.8 Å². The third kappa shape index (κ3) is 5.26. The summed E-state index contributed by atoms with van der Waals surface area (Å²) in [6.45, 7) is 4.42. The predicted octanol–water partition coefficient (Wildman–Crippen LogP) is 4.82. The third-order valence-electron chi connectivity index (χ3n) is 5.52. The number of hydrogen-bond donors (Lipinski definition) is 1. The van der Waals surface area contributed by atoms with Gasteiger partial charge >= 0.3 is 12.1 Å². The Morgan fingerprint density at radius 3 is 2.53 bits per heavy atom. The van der Waals surface area contributed by atoms with Gasteiger partial charge < -0.3 is 14.0 Å². The number of rotatable bonds is 9. The number of alkyl halides is 3. The second kappa shape index (κ2) is 10.1. The minimum atomic E-state index is -5.06. The Morgan fingerprint density at radius 2 is 1.86 bits per heavy atom. The molecular weight excluding hydrogens is 475 g/mol. The number of halogens is 3. The number of nitrogens with zero attached hydrogens (tertiary/aromatic N) is 4. The molecule has 2 aromatic carbocycles. The van der Waals surface area contributed by atoms with Crippen LogP contribution in [0.5, 0.6) is 0 Å². The standard InChI is InChI=1S/C25H26F3N5O3/c1-17(2)13-33-14-20(12-30-33)19-9-10-22-21(11-19)29-15-32(22)16-36-25(35-3,24(26,27)28)31-23(34)18-7-5-4-6-8-18/h4-12,14-15,17H,13,16H2,1-3H3,(H,31,34). The Morgan fingerprint density at radius 1 is 1.11 bits per heavy atom. The van der Waals surface area contributed by atoms with Crippen LogP contribution in [-0.4, -0.2) is 44.4 Å². The number of methoxy groups -OCH3 is 1. The van der Waals surface area contributed by atoms with Crippen molar-refractivity contribution in [3.05, 3.63) is 72.8 Å². The number of nitrogens with one attached hydrogen (secondary N) is 1. The number of carbonyl (C=O) groups excluding carboxylic acids is 1. The molecule has 190 valence electrons. The van der Waals surface area contributed by atoms with E-state index in [-0.39, 0.29) is 5.56 Å². The van der Waals surface area contributed by atoms with Crippen LogP contribution < -0.4 is 5.32 Å². The summed E-state index contributed by atoms with van der Waals surface area (Å²) in [7, 11) is 0.816. The summed E-state index contributed by atoms with van der Waals surface area (Å²) >= 11 is 0. The molecule has 4 aromatic rings. The molecule has 0 bridgehead atoms. The number of fused-ring (bicyclic) bond motifs is 1. The van der Waals surface area contributed by atoms with E-state index in [1.807, 2.05) is 28.3 Å². The summed E-state index contributed by atoms with van der Waals surface area (Å²) in [6, 6.07) is 12.9. The quantitative estimate of drug-likeness (QED) is 0.333. The molecule has 0 fully saturated rings. The van der Waals surface area contributed by atoms with E-state index >= 15 is 0 Å². The van der Waals surface area contributed by atoms with Gasteiger partial charge in [0.1, 0.15) is 6.73 Å². The molecule has 2 heterocycles. The second-order valence-corrected chi connectivity index (χ2v) is 8.67. The maximum absolute atomic E-state index is 14.0. The van der Waals surface area contributed by atoms with Gasteiger partial charge in [0.2, 0.25) is 0 Å². The smallest absolute Gasteiger partial charge is 0.329 e. The van der Waals surface area contributed by atoms with E-state index < -0.39 is 24.7 Å². The highest BCUT2D eigenvalue weighted by atomic mass is 19.4. The lowest BCUT2D eigenvalue weighted by Crippen LogP contribution is -2.62. The van der Waals surface area contributed by atoms with Gasteiger partial charge in [-0.15, -0.1) is 0 Å². The van der Waals surface area contributed by atoms with Gasteiger partial charge in [0.05, 0.1) is 23.6 Å². The molecule has 1 amide bonds. The number of ether oxygens (including phenoxy) is 2. The van der Waals surface area contributed by atoms with Crippen LogP contribution in [0.25, 0.3) is 22.2 Å². The average molecular weight is 502 g/mol. The summed E-state index contributed by atoms with van der Waals surface area (Å²) in [5.41, 5.74) is 2.93. The molecule has 0 aliphatic carbocycles. The molecule has 0 aliphatic heterocycles. The number of aromatic nitrogens is 4. The van der Waals surface area contributed by atoms with Crippen molar-refractivity contribution >= 4 is 16.9 Å². The van der Waals surface area contributed by atoms with Crippen LogP contribution in [0.3, 0.4) is 0 Å². The SMILES string of the molecule is COC(NC(=O)c1ccccc1)(OCn1cnc2cc(-c3cnn(CC(C)C)c3)ccc21)C(F)(F)F. The summed E-state index contributed by atoms with van der Waals surface area (Å²) in [5, 5.41) is 6.21. The van der Waals surface area contributed by atoms with Gasteiger partial charge in [-0.3, -0.25) is 14.8 Å². The van der Waals surface area contributed by atoms with E-state index in [2.05, 4.69) is 28.7 Å². The molecule has 4 rings (SSSR count).